The van der Waals surface area contributed by atoms with Crippen LogP contribution in [0, 0.1) is 0 Å². The highest BCUT2D eigenvalue weighted by Crippen LogP contribution is 2.27. The summed E-state index contributed by atoms with van der Waals surface area (Å²) >= 11 is 1.91. The predicted octanol–water partition coefficient (Wildman–Crippen LogP) is 5.05. The van der Waals surface area contributed by atoms with E-state index in [4.69, 9.17) is 0 Å². The van der Waals surface area contributed by atoms with Gasteiger partial charge in [0.1, 0.15) is 5.78 Å². The van der Waals surface area contributed by atoms with Crippen LogP contribution in [-0.2, 0) is 4.79 Å². The van der Waals surface area contributed by atoms with Crippen LogP contribution >= 0.6 is 11.8 Å². The second-order valence-electron chi connectivity index (χ2n) is 4.76. The number of carbonyl (C=O) groups excluding carboxylic acids is 1. The van der Waals surface area contributed by atoms with Crippen LogP contribution in [0.2, 0.25) is 0 Å². The summed E-state index contributed by atoms with van der Waals surface area (Å²) in [5.41, 5.74) is 1.37. The number of Topliss-reactive ketones (excluding diaryl/α,β-unsaturated/α-hetero) is 1. The van der Waals surface area contributed by atoms with Crippen LogP contribution in [0.4, 0.5) is 0 Å². The topological polar surface area (TPSA) is 17.1 Å². The van der Waals surface area contributed by atoms with E-state index in [0.717, 1.165) is 12.8 Å². The lowest BCUT2D eigenvalue weighted by Gasteiger charge is -2.15. The maximum Gasteiger partial charge on any atom is 0.129 e. The van der Waals surface area contributed by atoms with Gasteiger partial charge in [-0.3, -0.25) is 0 Å². The lowest BCUT2D eigenvalue weighted by atomic mass is 9.91. The molecule has 0 heterocycles. The minimum absolute atomic E-state index is 0.295. The third-order valence-electron chi connectivity index (χ3n) is 3.16. The van der Waals surface area contributed by atoms with Crippen molar-refractivity contribution >= 4 is 17.5 Å². The Morgan fingerprint density at radius 2 is 1.89 bits per heavy atom. The molecular formula is C16H24OS. The van der Waals surface area contributed by atoms with Gasteiger partial charge < -0.3 is 4.79 Å². The molecule has 1 aromatic rings. The molecule has 0 bridgehead atoms. The molecule has 0 fully saturated rings. The highest BCUT2D eigenvalue weighted by Gasteiger charge is 2.10. The van der Waals surface area contributed by atoms with Crippen molar-refractivity contribution in [2.24, 2.45) is 0 Å². The molecular weight excluding hydrogens is 240 g/mol. The van der Waals surface area contributed by atoms with Crippen molar-refractivity contribution in [2.75, 3.05) is 5.75 Å². The zero-order chi connectivity index (χ0) is 13.4. The summed E-state index contributed by atoms with van der Waals surface area (Å²) < 4.78 is 0. The molecule has 0 aliphatic carbocycles. The normalized spacial score (nSPS) is 12.4. The molecule has 18 heavy (non-hydrogen) atoms. The molecule has 0 amide bonds. The van der Waals surface area contributed by atoms with Crippen LogP contribution in [0.5, 0.6) is 0 Å². The zero-order valence-corrected chi connectivity index (χ0v) is 12.6. The molecule has 1 atom stereocenters. The Labute approximate surface area is 115 Å². The fraction of sp³-hybridized carbons (Fsp3) is 0.562. The van der Waals surface area contributed by atoms with Gasteiger partial charge in [-0.25, -0.2) is 0 Å². The van der Waals surface area contributed by atoms with E-state index in [0.29, 0.717) is 18.1 Å². The number of hydrogen-bond donors (Lipinski definition) is 0. The quantitative estimate of drug-likeness (QED) is 0.611. The summed E-state index contributed by atoms with van der Waals surface area (Å²) in [4.78, 5) is 12.4. The number of carbonyl (C=O) groups is 1. The van der Waals surface area contributed by atoms with Crippen molar-refractivity contribution in [2.45, 2.75) is 57.3 Å². The first-order valence-corrected chi connectivity index (χ1v) is 7.88. The molecule has 2 heteroatoms. The molecule has 0 spiro atoms. The van der Waals surface area contributed by atoms with Gasteiger partial charge in [0, 0.05) is 11.3 Å². The van der Waals surface area contributed by atoms with Gasteiger partial charge in [0.05, 0.1) is 0 Å². The number of benzene rings is 1. The van der Waals surface area contributed by atoms with Crippen molar-refractivity contribution in [3.05, 3.63) is 29.8 Å². The SMILES string of the molecule is CCCSc1ccc(C(CC)CCC(C)=O)cc1. The maximum absolute atomic E-state index is 11.1. The van der Waals surface area contributed by atoms with Gasteiger partial charge in [-0.1, -0.05) is 26.0 Å². The van der Waals surface area contributed by atoms with Crippen LogP contribution in [0.15, 0.2) is 29.2 Å². The fourth-order valence-corrected chi connectivity index (χ4v) is 2.81. The Kier molecular flexibility index (Phi) is 7.11. The second kappa shape index (κ2) is 8.36. The predicted molar refractivity (Wildman–Crippen MR) is 80.4 cm³/mol. The van der Waals surface area contributed by atoms with E-state index in [1.807, 2.05) is 11.8 Å². The first-order chi connectivity index (χ1) is 8.67. The Bertz CT molecular complexity index is 356. The van der Waals surface area contributed by atoms with Crippen molar-refractivity contribution in [1.29, 1.82) is 0 Å². The molecule has 0 N–H and O–H groups in total. The summed E-state index contributed by atoms with van der Waals surface area (Å²) in [7, 11) is 0. The number of ketones is 1. The lowest BCUT2D eigenvalue weighted by molar-refractivity contribution is -0.117. The van der Waals surface area contributed by atoms with Gasteiger partial charge in [-0.05, 0) is 55.6 Å². The van der Waals surface area contributed by atoms with E-state index < -0.39 is 0 Å². The van der Waals surface area contributed by atoms with Crippen molar-refractivity contribution in [3.8, 4) is 0 Å². The molecule has 0 saturated heterocycles. The molecule has 0 aliphatic heterocycles. The Balaban J connectivity index is 2.60. The first kappa shape index (κ1) is 15.3. The molecule has 1 rings (SSSR count). The van der Waals surface area contributed by atoms with Crippen molar-refractivity contribution in [3.63, 3.8) is 0 Å². The lowest BCUT2D eigenvalue weighted by Crippen LogP contribution is -2.00. The third-order valence-corrected chi connectivity index (χ3v) is 4.38. The summed E-state index contributed by atoms with van der Waals surface area (Å²) in [5, 5.41) is 0. The largest absolute Gasteiger partial charge is 0.300 e. The van der Waals surface area contributed by atoms with Gasteiger partial charge in [-0.15, -0.1) is 11.8 Å². The van der Waals surface area contributed by atoms with Gasteiger partial charge >= 0.3 is 0 Å². The van der Waals surface area contributed by atoms with E-state index in [2.05, 4.69) is 38.1 Å². The molecule has 0 saturated carbocycles. The number of rotatable bonds is 8. The standard InChI is InChI=1S/C16H24OS/c1-4-12-18-16-10-8-15(9-11-16)14(5-2)7-6-13(3)17/h8-11,14H,4-7,12H2,1-3H3. The van der Waals surface area contributed by atoms with Crippen LogP contribution < -0.4 is 0 Å². The highest BCUT2D eigenvalue weighted by molar-refractivity contribution is 7.99. The van der Waals surface area contributed by atoms with Crippen molar-refractivity contribution in [1.82, 2.24) is 0 Å². The minimum atomic E-state index is 0.295. The van der Waals surface area contributed by atoms with Crippen LogP contribution in [0.3, 0.4) is 0 Å². The molecule has 1 aromatic carbocycles. The fourth-order valence-electron chi connectivity index (χ4n) is 2.04. The monoisotopic (exact) mass is 264 g/mol. The van der Waals surface area contributed by atoms with Gasteiger partial charge in [-0.2, -0.15) is 0 Å². The first-order valence-electron chi connectivity index (χ1n) is 6.89. The molecule has 100 valence electrons. The van der Waals surface area contributed by atoms with E-state index >= 15 is 0 Å². The van der Waals surface area contributed by atoms with Crippen LogP contribution in [-0.4, -0.2) is 11.5 Å². The highest BCUT2D eigenvalue weighted by atomic mass is 32.2. The van der Waals surface area contributed by atoms with Crippen molar-refractivity contribution < 1.29 is 4.79 Å². The summed E-state index contributed by atoms with van der Waals surface area (Å²) in [5.74, 6) is 2.00. The Morgan fingerprint density at radius 3 is 2.39 bits per heavy atom. The molecule has 0 aliphatic rings. The summed E-state index contributed by atoms with van der Waals surface area (Å²) in [6, 6.07) is 8.89. The molecule has 1 unspecified atom stereocenters. The van der Waals surface area contributed by atoms with Gasteiger partial charge in [0.2, 0.25) is 0 Å². The Morgan fingerprint density at radius 1 is 1.22 bits per heavy atom. The second-order valence-corrected chi connectivity index (χ2v) is 5.93. The average Bonchev–Trinajstić information content (AvgIpc) is 2.38. The van der Waals surface area contributed by atoms with E-state index in [-0.39, 0.29) is 0 Å². The molecule has 0 radical (unpaired) electrons. The summed E-state index contributed by atoms with van der Waals surface area (Å²) in [6.45, 7) is 6.08. The van der Waals surface area contributed by atoms with Crippen LogP contribution in [0.1, 0.15) is 57.9 Å². The number of hydrogen-bond acceptors (Lipinski definition) is 2. The average molecular weight is 264 g/mol. The van der Waals surface area contributed by atoms with Crippen LogP contribution in [0.25, 0.3) is 0 Å². The number of thioether (sulfide) groups is 1. The third kappa shape index (κ3) is 5.26. The minimum Gasteiger partial charge on any atom is -0.300 e. The van der Waals surface area contributed by atoms with Gasteiger partial charge in [0.25, 0.3) is 0 Å². The molecule has 1 nitrogen and oxygen atoms in total. The zero-order valence-electron chi connectivity index (χ0n) is 11.7. The van der Waals surface area contributed by atoms with E-state index in [1.54, 1.807) is 6.92 Å². The van der Waals surface area contributed by atoms with Gasteiger partial charge in [0.15, 0.2) is 0 Å². The smallest absolute Gasteiger partial charge is 0.129 e. The summed E-state index contributed by atoms with van der Waals surface area (Å²) in [6.07, 6.45) is 4.00. The van der Waals surface area contributed by atoms with E-state index in [1.165, 1.54) is 22.6 Å². The molecule has 0 aromatic heterocycles. The van der Waals surface area contributed by atoms with E-state index in [9.17, 15) is 4.79 Å². The Hall–Kier alpha value is -0.760. The maximum atomic E-state index is 11.1.